The van der Waals surface area contributed by atoms with Gasteiger partial charge in [0, 0.05) is 51.8 Å². The third-order valence-electron chi connectivity index (χ3n) is 5.15. The highest BCUT2D eigenvalue weighted by Gasteiger charge is 2.32. The number of nitrogens with one attached hydrogen (secondary N) is 1. The van der Waals surface area contributed by atoms with E-state index in [4.69, 9.17) is 4.74 Å². The first-order valence-corrected chi connectivity index (χ1v) is 9.03. The topological polar surface area (TPSA) is 61.9 Å². The van der Waals surface area contributed by atoms with Crippen molar-refractivity contribution in [1.82, 2.24) is 15.1 Å². The van der Waals surface area contributed by atoms with Gasteiger partial charge >= 0.3 is 0 Å². The minimum atomic E-state index is 0.0136. The van der Waals surface area contributed by atoms with Crippen molar-refractivity contribution in [2.45, 2.75) is 18.9 Å². The smallest absolute Gasteiger partial charge is 0.248 e. The van der Waals surface area contributed by atoms with Crippen LogP contribution in [0, 0.1) is 5.92 Å². The number of hydrogen-bond donors (Lipinski definition) is 1. The fraction of sp³-hybridized carbons (Fsp3) is 0.579. The molecule has 6 heteroatoms. The zero-order chi connectivity index (χ0) is 17.6. The third-order valence-corrected chi connectivity index (χ3v) is 5.15. The van der Waals surface area contributed by atoms with Crippen LogP contribution < -0.4 is 5.32 Å². The van der Waals surface area contributed by atoms with Gasteiger partial charge in [0.25, 0.3) is 0 Å². The quantitative estimate of drug-likeness (QED) is 0.886. The van der Waals surface area contributed by atoms with Gasteiger partial charge in [0.15, 0.2) is 0 Å². The van der Waals surface area contributed by atoms with E-state index in [9.17, 15) is 9.59 Å². The Balaban J connectivity index is 1.54. The maximum absolute atomic E-state index is 12.9. The molecule has 3 rings (SSSR count). The maximum Gasteiger partial charge on any atom is 0.248 e. The third kappa shape index (κ3) is 4.38. The Labute approximate surface area is 149 Å². The number of amides is 2. The molecule has 2 aliphatic heterocycles. The summed E-state index contributed by atoms with van der Waals surface area (Å²) in [6.07, 6.45) is 1.49. The fourth-order valence-corrected chi connectivity index (χ4v) is 3.71. The second-order valence-electron chi connectivity index (χ2n) is 6.79. The molecular formula is C19H27N3O3. The van der Waals surface area contributed by atoms with Crippen LogP contribution in [0.25, 0.3) is 0 Å². The number of carbonyl (C=O) groups excluding carboxylic acids is 2. The molecular weight excluding hydrogens is 318 g/mol. The van der Waals surface area contributed by atoms with Gasteiger partial charge < -0.3 is 19.9 Å². The van der Waals surface area contributed by atoms with Crippen LogP contribution in [-0.4, -0.2) is 68.1 Å². The highest BCUT2D eigenvalue weighted by Crippen LogP contribution is 2.23. The van der Waals surface area contributed by atoms with Crippen LogP contribution in [0.3, 0.4) is 0 Å². The van der Waals surface area contributed by atoms with Crippen molar-refractivity contribution < 1.29 is 14.3 Å². The minimum Gasteiger partial charge on any atom is -0.375 e. The number of rotatable bonds is 4. The van der Waals surface area contributed by atoms with Crippen molar-refractivity contribution in [3.05, 3.63) is 35.9 Å². The van der Waals surface area contributed by atoms with Crippen LogP contribution in [0.5, 0.6) is 0 Å². The number of ether oxygens (including phenoxy) is 1. The number of carbonyl (C=O) groups is 2. The molecule has 2 fully saturated rings. The molecule has 0 aliphatic carbocycles. The predicted octanol–water partition coefficient (Wildman–Crippen LogP) is 1.04. The van der Waals surface area contributed by atoms with Gasteiger partial charge in [-0.3, -0.25) is 9.59 Å². The lowest BCUT2D eigenvalue weighted by atomic mass is 9.94. The standard InChI is InChI=1S/C19H27N3O3/c1-25-14-18(23)21-10-7-16(8-11-21)19(24)22-12-9-20-17(13-22)15-5-3-2-4-6-15/h2-6,16-17,20H,7-14H2,1H3/t17-/m0/s1. The first kappa shape index (κ1) is 17.9. The van der Waals surface area contributed by atoms with Crippen molar-refractivity contribution in [1.29, 1.82) is 0 Å². The normalized spacial score (nSPS) is 22.0. The molecule has 2 saturated heterocycles. The van der Waals surface area contributed by atoms with E-state index in [1.165, 1.54) is 12.7 Å². The van der Waals surface area contributed by atoms with E-state index in [0.29, 0.717) is 19.6 Å². The van der Waals surface area contributed by atoms with Crippen LogP contribution in [0.2, 0.25) is 0 Å². The summed E-state index contributed by atoms with van der Waals surface area (Å²) in [6, 6.07) is 10.5. The average Bonchev–Trinajstić information content (AvgIpc) is 2.68. The zero-order valence-electron chi connectivity index (χ0n) is 14.8. The Morgan fingerprint density at radius 3 is 2.52 bits per heavy atom. The summed E-state index contributed by atoms with van der Waals surface area (Å²) < 4.78 is 4.91. The van der Waals surface area contributed by atoms with E-state index in [-0.39, 0.29) is 30.4 Å². The first-order chi connectivity index (χ1) is 12.2. The Morgan fingerprint density at radius 1 is 1.12 bits per heavy atom. The minimum absolute atomic E-state index is 0.0136. The fourth-order valence-electron chi connectivity index (χ4n) is 3.71. The first-order valence-electron chi connectivity index (χ1n) is 9.03. The van der Waals surface area contributed by atoms with Gasteiger partial charge in [-0.2, -0.15) is 0 Å². The van der Waals surface area contributed by atoms with Gasteiger partial charge in [-0.1, -0.05) is 30.3 Å². The highest BCUT2D eigenvalue weighted by molar-refractivity contribution is 5.80. The lowest BCUT2D eigenvalue weighted by Gasteiger charge is -2.38. The van der Waals surface area contributed by atoms with E-state index >= 15 is 0 Å². The molecule has 0 spiro atoms. The Bertz CT molecular complexity index is 585. The highest BCUT2D eigenvalue weighted by atomic mass is 16.5. The number of piperidine rings is 1. The molecule has 0 bridgehead atoms. The van der Waals surface area contributed by atoms with Gasteiger partial charge in [0.2, 0.25) is 11.8 Å². The van der Waals surface area contributed by atoms with Gasteiger partial charge in [-0.25, -0.2) is 0 Å². The molecule has 1 N–H and O–H groups in total. The predicted molar refractivity (Wildman–Crippen MR) is 94.9 cm³/mol. The monoisotopic (exact) mass is 345 g/mol. The Hall–Kier alpha value is -1.92. The summed E-state index contributed by atoms with van der Waals surface area (Å²) >= 11 is 0. The molecule has 0 unspecified atom stereocenters. The lowest BCUT2D eigenvalue weighted by Crippen LogP contribution is -2.51. The molecule has 6 nitrogen and oxygen atoms in total. The molecule has 0 saturated carbocycles. The maximum atomic E-state index is 12.9. The number of nitrogens with zero attached hydrogens (tertiary/aromatic N) is 2. The molecule has 0 radical (unpaired) electrons. The van der Waals surface area contributed by atoms with E-state index in [1.54, 1.807) is 4.90 Å². The number of benzene rings is 1. The summed E-state index contributed by atoms with van der Waals surface area (Å²) in [5.41, 5.74) is 1.22. The molecule has 136 valence electrons. The summed E-state index contributed by atoms with van der Waals surface area (Å²) in [4.78, 5) is 28.6. The van der Waals surface area contributed by atoms with E-state index < -0.39 is 0 Å². The molecule has 1 aromatic carbocycles. The number of methoxy groups -OCH3 is 1. The lowest BCUT2D eigenvalue weighted by molar-refractivity contribution is -0.143. The van der Waals surface area contributed by atoms with Crippen LogP contribution >= 0.6 is 0 Å². The average molecular weight is 345 g/mol. The van der Waals surface area contributed by atoms with Gasteiger partial charge in [0.1, 0.15) is 6.61 Å². The largest absolute Gasteiger partial charge is 0.375 e. The van der Waals surface area contributed by atoms with Gasteiger partial charge in [-0.15, -0.1) is 0 Å². The van der Waals surface area contributed by atoms with Crippen molar-refractivity contribution >= 4 is 11.8 Å². The zero-order valence-corrected chi connectivity index (χ0v) is 14.8. The van der Waals surface area contributed by atoms with Crippen molar-refractivity contribution in [2.75, 3.05) is 46.4 Å². The summed E-state index contributed by atoms with van der Waals surface area (Å²) in [5, 5.41) is 3.50. The van der Waals surface area contributed by atoms with Crippen molar-refractivity contribution in [3.8, 4) is 0 Å². The molecule has 0 aromatic heterocycles. The van der Waals surface area contributed by atoms with E-state index in [2.05, 4.69) is 17.4 Å². The Morgan fingerprint density at radius 2 is 1.84 bits per heavy atom. The van der Waals surface area contributed by atoms with Gasteiger partial charge in [-0.05, 0) is 18.4 Å². The molecule has 1 atom stereocenters. The van der Waals surface area contributed by atoms with Gasteiger partial charge in [0.05, 0.1) is 0 Å². The summed E-state index contributed by atoms with van der Waals surface area (Å²) in [5.74, 6) is 0.280. The molecule has 2 amide bonds. The molecule has 1 aromatic rings. The van der Waals surface area contributed by atoms with Crippen molar-refractivity contribution in [2.24, 2.45) is 5.92 Å². The van der Waals surface area contributed by atoms with Crippen LogP contribution in [0.4, 0.5) is 0 Å². The van der Waals surface area contributed by atoms with Crippen LogP contribution in [0.15, 0.2) is 30.3 Å². The van der Waals surface area contributed by atoms with E-state index in [0.717, 1.165) is 25.9 Å². The van der Waals surface area contributed by atoms with Crippen LogP contribution in [-0.2, 0) is 14.3 Å². The number of hydrogen-bond acceptors (Lipinski definition) is 4. The second kappa shape index (κ2) is 8.45. The van der Waals surface area contributed by atoms with Crippen molar-refractivity contribution in [3.63, 3.8) is 0 Å². The second-order valence-corrected chi connectivity index (χ2v) is 6.79. The van der Waals surface area contributed by atoms with Crippen LogP contribution in [0.1, 0.15) is 24.4 Å². The molecule has 25 heavy (non-hydrogen) atoms. The Kier molecular flexibility index (Phi) is 6.04. The SMILES string of the molecule is COCC(=O)N1CCC(C(=O)N2CCN[C@H](c3ccccc3)C2)CC1. The summed E-state index contributed by atoms with van der Waals surface area (Å²) in [6.45, 7) is 3.70. The summed E-state index contributed by atoms with van der Waals surface area (Å²) in [7, 11) is 1.53. The number of likely N-dealkylation sites (tertiary alicyclic amines) is 1. The van der Waals surface area contributed by atoms with E-state index in [1.807, 2.05) is 23.1 Å². The molecule has 2 heterocycles. The molecule has 2 aliphatic rings. The number of piperazine rings is 1.